The van der Waals surface area contributed by atoms with E-state index in [9.17, 15) is 9.59 Å². The van der Waals surface area contributed by atoms with E-state index in [2.05, 4.69) is 0 Å². The lowest BCUT2D eigenvalue weighted by Gasteiger charge is -2.06. The average Bonchev–Trinajstić information content (AvgIpc) is 2.92. The van der Waals surface area contributed by atoms with Crippen molar-refractivity contribution in [2.45, 2.75) is 0 Å². The summed E-state index contributed by atoms with van der Waals surface area (Å²) in [6, 6.07) is 22.2. The number of nitrogen functional groups attached to an aromatic ring is 1. The first-order valence-corrected chi connectivity index (χ1v) is 8.23. The number of nitrogens with two attached hydrogens (primary N) is 1. The number of benzene rings is 3. The Labute approximate surface area is 149 Å². The van der Waals surface area contributed by atoms with E-state index in [4.69, 9.17) is 5.73 Å². The lowest BCUT2D eigenvalue weighted by Crippen LogP contribution is -2.28. The molecule has 0 aliphatic rings. The van der Waals surface area contributed by atoms with Crippen LogP contribution in [0.4, 0.5) is 5.69 Å². The van der Waals surface area contributed by atoms with E-state index >= 15 is 0 Å². The van der Waals surface area contributed by atoms with Crippen molar-refractivity contribution in [2.24, 2.45) is 7.05 Å². The molecule has 5 nitrogen and oxygen atoms in total. The van der Waals surface area contributed by atoms with Crippen LogP contribution in [0.2, 0.25) is 0 Å². The Morgan fingerprint density at radius 3 is 2.35 bits per heavy atom. The molecule has 0 radical (unpaired) electrons. The summed E-state index contributed by atoms with van der Waals surface area (Å²) >= 11 is 0. The molecule has 0 amide bonds. The molecule has 0 unspecified atom stereocenters. The van der Waals surface area contributed by atoms with Gasteiger partial charge < -0.3 is 5.73 Å². The van der Waals surface area contributed by atoms with Crippen LogP contribution >= 0.6 is 0 Å². The lowest BCUT2D eigenvalue weighted by atomic mass is 10.0. The summed E-state index contributed by atoms with van der Waals surface area (Å²) in [5, 5.41) is 0. The van der Waals surface area contributed by atoms with Gasteiger partial charge in [-0.1, -0.05) is 42.5 Å². The van der Waals surface area contributed by atoms with Crippen LogP contribution in [0.1, 0.15) is 10.4 Å². The molecule has 0 saturated heterocycles. The standard InChI is InChI=1S/C21H17N3O2/c1-23-18-11-10-17(22)13-19(18)24(21(23)26)20(25)16-9-5-8-15(12-16)14-6-3-2-4-7-14/h2-13H,22H2,1H3. The molecule has 0 atom stereocenters. The second kappa shape index (κ2) is 6.04. The van der Waals surface area contributed by atoms with Crippen molar-refractivity contribution in [1.82, 2.24) is 9.13 Å². The fourth-order valence-corrected chi connectivity index (χ4v) is 3.15. The molecule has 1 heterocycles. The number of carbonyl (C=O) groups excluding carboxylic acids is 1. The monoisotopic (exact) mass is 343 g/mol. The number of anilines is 1. The van der Waals surface area contributed by atoms with Gasteiger partial charge in [0.1, 0.15) is 0 Å². The van der Waals surface area contributed by atoms with Crippen molar-refractivity contribution in [3.8, 4) is 11.1 Å². The van der Waals surface area contributed by atoms with E-state index in [0.717, 1.165) is 11.1 Å². The van der Waals surface area contributed by atoms with Gasteiger partial charge in [0.15, 0.2) is 0 Å². The number of imidazole rings is 1. The molecule has 26 heavy (non-hydrogen) atoms. The molecule has 0 aliphatic carbocycles. The third-order valence-corrected chi connectivity index (χ3v) is 4.50. The minimum atomic E-state index is -0.388. The average molecular weight is 343 g/mol. The van der Waals surface area contributed by atoms with Crippen molar-refractivity contribution < 1.29 is 4.79 Å². The molecule has 3 aromatic carbocycles. The maximum absolute atomic E-state index is 13.1. The molecular formula is C21H17N3O2. The van der Waals surface area contributed by atoms with Gasteiger partial charge in [-0.05, 0) is 41.5 Å². The maximum Gasteiger partial charge on any atom is 0.335 e. The number of hydrogen-bond donors (Lipinski definition) is 1. The summed E-state index contributed by atoms with van der Waals surface area (Å²) in [7, 11) is 1.64. The SMILES string of the molecule is Cn1c(=O)n(C(=O)c2cccc(-c3ccccc3)c2)c2cc(N)ccc21. The smallest absolute Gasteiger partial charge is 0.335 e. The normalized spacial score (nSPS) is 11.0. The molecule has 0 fully saturated rings. The van der Waals surface area contributed by atoms with Gasteiger partial charge in [-0.2, -0.15) is 0 Å². The van der Waals surface area contributed by atoms with Gasteiger partial charge >= 0.3 is 5.69 Å². The quantitative estimate of drug-likeness (QED) is 0.568. The highest BCUT2D eigenvalue weighted by Gasteiger charge is 2.18. The zero-order valence-corrected chi connectivity index (χ0v) is 14.2. The number of aromatic nitrogens is 2. The number of carbonyl (C=O) groups is 1. The van der Waals surface area contributed by atoms with Crippen molar-refractivity contribution in [3.05, 3.63) is 88.8 Å². The molecule has 1 aromatic heterocycles. The van der Waals surface area contributed by atoms with Crippen LogP contribution < -0.4 is 11.4 Å². The van der Waals surface area contributed by atoms with Crippen molar-refractivity contribution in [3.63, 3.8) is 0 Å². The molecule has 0 spiro atoms. The zero-order chi connectivity index (χ0) is 18.3. The van der Waals surface area contributed by atoms with E-state index in [0.29, 0.717) is 22.3 Å². The highest BCUT2D eigenvalue weighted by atomic mass is 16.2. The Bertz CT molecular complexity index is 1190. The number of nitrogens with zero attached hydrogens (tertiary/aromatic N) is 2. The fourth-order valence-electron chi connectivity index (χ4n) is 3.15. The third-order valence-electron chi connectivity index (χ3n) is 4.50. The second-order valence-electron chi connectivity index (χ2n) is 6.18. The molecule has 4 aromatic rings. The second-order valence-corrected chi connectivity index (χ2v) is 6.18. The summed E-state index contributed by atoms with van der Waals surface area (Å²) in [5.41, 5.74) is 9.52. The largest absolute Gasteiger partial charge is 0.399 e. The third kappa shape index (κ3) is 2.50. The number of fused-ring (bicyclic) bond motifs is 1. The van der Waals surface area contributed by atoms with Crippen LogP contribution in [0.25, 0.3) is 22.2 Å². The van der Waals surface area contributed by atoms with Gasteiger partial charge in [-0.3, -0.25) is 9.36 Å². The Balaban J connectivity index is 1.87. The molecule has 0 saturated carbocycles. The van der Waals surface area contributed by atoms with Crippen molar-refractivity contribution in [2.75, 3.05) is 5.73 Å². The minimum Gasteiger partial charge on any atom is -0.399 e. The first-order valence-electron chi connectivity index (χ1n) is 8.23. The number of rotatable bonds is 2. The summed E-state index contributed by atoms with van der Waals surface area (Å²) in [6.45, 7) is 0. The van der Waals surface area contributed by atoms with Crippen molar-refractivity contribution in [1.29, 1.82) is 0 Å². The molecule has 4 rings (SSSR count). The van der Waals surface area contributed by atoms with Gasteiger partial charge in [-0.15, -0.1) is 0 Å². The predicted octanol–water partition coefficient (Wildman–Crippen LogP) is 3.28. The molecule has 128 valence electrons. The van der Waals surface area contributed by atoms with Gasteiger partial charge in [-0.25, -0.2) is 9.36 Å². The maximum atomic E-state index is 13.1. The number of hydrogen-bond acceptors (Lipinski definition) is 3. The molecular weight excluding hydrogens is 326 g/mol. The van der Waals surface area contributed by atoms with Gasteiger partial charge in [0, 0.05) is 18.3 Å². The van der Waals surface area contributed by atoms with E-state index in [1.54, 1.807) is 37.4 Å². The van der Waals surface area contributed by atoms with Crippen LogP contribution in [0.3, 0.4) is 0 Å². The molecule has 0 bridgehead atoms. The summed E-state index contributed by atoms with van der Waals surface area (Å²) in [4.78, 5) is 25.7. The Morgan fingerprint density at radius 1 is 0.846 bits per heavy atom. The lowest BCUT2D eigenvalue weighted by molar-refractivity contribution is 0.0960. The van der Waals surface area contributed by atoms with Crippen LogP contribution in [-0.4, -0.2) is 15.0 Å². The zero-order valence-electron chi connectivity index (χ0n) is 14.2. The van der Waals surface area contributed by atoms with E-state index in [1.807, 2.05) is 42.5 Å². The highest BCUT2D eigenvalue weighted by molar-refractivity contribution is 6.02. The van der Waals surface area contributed by atoms with Crippen LogP contribution in [0, 0.1) is 0 Å². The van der Waals surface area contributed by atoms with Crippen LogP contribution in [0.5, 0.6) is 0 Å². The molecule has 0 aliphatic heterocycles. The minimum absolute atomic E-state index is 0.371. The first kappa shape index (κ1) is 15.9. The summed E-state index contributed by atoms with van der Waals surface area (Å²) in [6.07, 6.45) is 0. The topological polar surface area (TPSA) is 70.0 Å². The van der Waals surface area contributed by atoms with Gasteiger partial charge in [0.05, 0.1) is 11.0 Å². The van der Waals surface area contributed by atoms with E-state index in [-0.39, 0.29) is 11.6 Å². The predicted molar refractivity (Wildman–Crippen MR) is 103 cm³/mol. The van der Waals surface area contributed by atoms with E-state index < -0.39 is 0 Å². The Kier molecular flexibility index (Phi) is 3.69. The fraction of sp³-hybridized carbons (Fsp3) is 0.0476. The van der Waals surface area contributed by atoms with Crippen molar-refractivity contribution >= 4 is 22.6 Å². The highest BCUT2D eigenvalue weighted by Crippen LogP contribution is 2.22. The molecule has 2 N–H and O–H groups in total. The van der Waals surface area contributed by atoms with E-state index in [1.165, 1.54) is 9.13 Å². The summed E-state index contributed by atoms with van der Waals surface area (Å²) < 4.78 is 2.63. The first-order chi connectivity index (χ1) is 12.6. The Morgan fingerprint density at radius 2 is 1.58 bits per heavy atom. The van der Waals surface area contributed by atoms with Gasteiger partial charge in [0.2, 0.25) is 0 Å². The van der Waals surface area contributed by atoms with Crippen LogP contribution in [-0.2, 0) is 7.05 Å². The summed E-state index contributed by atoms with van der Waals surface area (Å²) in [5.74, 6) is -0.371. The van der Waals surface area contributed by atoms with Gasteiger partial charge in [0.25, 0.3) is 5.91 Å². The Hall–Kier alpha value is -3.60. The molecule has 5 heteroatoms. The van der Waals surface area contributed by atoms with Crippen LogP contribution in [0.15, 0.2) is 77.6 Å². The number of aryl methyl sites for hydroxylation is 1.